The molecule has 0 radical (unpaired) electrons. The number of carbonyl (C=O) groups excluding carboxylic acids is 1. The Labute approximate surface area is 98.0 Å². The molecule has 17 heavy (non-hydrogen) atoms. The first kappa shape index (κ1) is 16.2. The number of alkyl halides is 3. The maximum absolute atomic E-state index is 11.7. The topological polar surface area (TPSA) is 44.8 Å². The lowest BCUT2D eigenvalue weighted by atomic mass is 10.4. The number of carbonyl (C=O) groups is 1. The minimum atomic E-state index is -4.37. The molecule has 0 spiro atoms. The summed E-state index contributed by atoms with van der Waals surface area (Å²) in [7, 11) is 0. The highest BCUT2D eigenvalue weighted by Gasteiger charge is 2.28. The molecule has 0 aliphatic carbocycles. The number of halogens is 3. The molecule has 2 unspecified atom stereocenters. The minimum absolute atomic E-state index is 0.301. The van der Waals surface area contributed by atoms with Gasteiger partial charge in [0.15, 0.2) is 6.10 Å². The van der Waals surface area contributed by atoms with Crippen molar-refractivity contribution in [2.75, 3.05) is 19.8 Å². The summed E-state index contributed by atoms with van der Waals surface area (Å²) in [5.41, 5.74) is 0. The van der Waals surface area contributed by atoms with E-state index in [4.69, 9.17) is 9.47 Å². The van der Waals surface area contributed by atoms with Crippen molar-refractivity contribution in [3.05, 3.63) is 0 Å². The normalized spacial score (nSPS) is 15.4. The first-order chi connectivity index (χ1) is 7.76. The maximum Gasteiger partial charge on any atom is 0.411 e. The van der Waals surface area contributed by atoms with Crippen LogP contribution in [0.4, 0.5) is 13.2 Å². The zero-order valence-electron chi connectivity index (χ0n) is 10.0. The molecular formula is C10H17F3O4. The van der Waals surface area contributed by atoms with Gasteiger partial charge in [0.1, 0.15) is 12.7 Å². The Balaban J connectivity index is 3.78. The van der Waals surface area contributed by atoms with Crippen LogP contribution in [0, 0.1) is 0 Å². The summed E-state index contributed by atoms with van der Waals surface area (Å²) in [6.45, 7) is 3.39. The van der Waals surface area contributed by atoms with Gasteiger partial charge in [0, 0.05) is 6.61 Å². The third-order valence-electron chi connectivity index (χ3n) is 1.68. The van der Waals surface area contributed by atoms with E-state index in [0.29, 0.717) is 6.61 Å². The second-order valence-electron chi connectivity index (χ2n) is 3.48. The Morgan fingerprint density at radius 2 is 1.88 bits per heavy atom. The SMILES string of the molecule is CCOC(C)C(=O)OC(C)COCC(F)(F)F. The molecule has 0 aromatic heterocycles. The highest BCUT2D eigenvalue weighted by Crippen LogP contribution is 2.14. The lowest BCUT2D eigenvalue weighted by Crippen LogP contribution is -2.30. The van der Waals surface area contributed by atoms with Gasteiger partial charge >= 0.3 is 12.1 Å². The molecule has 0 rings (SSSR count). The van der Waals surface area contributed by atoms with Crippen LogP contribution in [0.1, 0.15) is 20.8 Å². The van der Waals surface area contributed by atoms with E-state index >= 15 is 0 Å². The fourth-order valence-corrected chi connectivity index (χ4v) is 0.987. The highest BCUT2D eigenvalue weighted by atomic mass is 19.4. The van der Waals surface area contributed by atoms with Gasteiger partial charge in [-0.2, -0.15) is 13.2 Å². The summed E-state index contributed by atoms with van der Waals surface area (Å²) in [4.78, 5) is 11.3. The molecule has 0 aliphatic heterocycles. The van der Waals surface area contributed by atoms with Crippen LogP contribution < -0.4 is 0 Å². The number of rotatable bonds is 7. The van der Waals surface area contributed by atoms with Crippen molar-refractivity contribution in [1.29, 1.82) is 0 Å². The van der Waals surface area contributed by atoms with Crippen molar-refractivity contribution in [3.8, 4) is 0 Å². The van der Waals surface area contributed by atoms with Crippen molar-refractivity contribution in [2.24, 2.45) is 0 Å². The van der Waals surface area contributed by atoms with Crippen LogP contribution in [0.5, 0.6) is 0 Å². The molecule has 0 N–H and O–H groups in total. The van der Waals surface area contributed by atoms with Gasteiger partial charge in [0.2, 0.25) is 0 Å². The molecule has 0 saturated heterocycles. The van der Waals surface area contributed by atoms with Crippen LogP contribution in [0.15, 0.2) is 0 Å². The van der Waals surface area contributed by atoms with Crippen LogP contribution in [0.3, 0.4) is 0 Å². The van der Waals surface area contributed by atoms with Crippen LogP contribution in [-0.2, 0) is 19.0 Å². The molecule has 7 heteroatoms. The largest absolute Gasteiger partial charge is 0.458 e. The molecule has 0 amide bonds. The summed E-state index contributed by atoms with van der Waals surface area (Å²) in [6.07, 6.45) is -5.85. The van der Waals surface area contributed by atoms with Gasteiger partial charge in [-0.1, -0.05) is 0 Å². The summed E-state index contributed by atoms with van der Waals surface area (Å²) in [5, 5.41) is 0. The third kappa shape index (κ3) is 8.93. The van der Waals surface area contributed by atoms with E-state index in [1.807, 2.05) is 0 Å². The molecule has 0 saturated carbocycles. The van der Waals surface area contributed by atoms with Gasteiger partial charge in [0.05, 0.1) is 6.61 Å². The summed E-state index contributed by atoms with van der Waals surface area (Å²) in [5.74, 6) is -0.616. The summed E-state index contributed by atoms with van der Waals surface area (Å²) < 4.78 is 49.4. The van der Waals surface area contributed by atoms with Gasteiger partial charge in [0.25, 0.3) is 0 Å². The van der Waals surface area contributed by atoms with Crippen LogP contribution in [0.2, 0.25) is 0 Å². The van der Waals surface area contributed by atoms with E-state index in [0.717, 1.165) is 0 Å². The Kier molecular flexibility index (Phi) is 7.13. The third-order valence-corrected chi connectivity index (χ3v) is 1.68. The molecule has 4 nitrogen and oxygen atoms in total. The van der Waals surface area contributed by atoms with Gasteiger partial charge in [-0.05, 0) is 20.8 Å². The predicted molar refractivity (Wildman–Crippen MR) is 53.5 cm³/mol. The molecule has 0 heterocycles. The Morgan fingerprint density at radius 3 is 2.35 bits per heavy atom. The first-order valence-electron chi connectivity index (χ1n) is 5.22. The summed E-state index contributed by atoms with van der Waals surface area (Å²) >= 11 is 0. The van der Waals surface area contributed by atoms with E-state index in [1.54, 1.807) is 6.92 Å². The first-order valence-corrected chi connectivity index (χ1v) is 5.22. The minimum Gasteiger partial charge on any atom is -0.458 e. The maximum atomic E-state index is 11.7. The quantitative estimate of drug-likeness (QED) is 0.654. The lowest BCUT2D eigenvalue weighted by molar-refractivity contribution is -0.184. The number of esters is 1. The van der Waals surface area contributed by atoms with Crippen LogP contribution in [-0.4, -0.2) is 44.2 Å². The van der Waals surface area contributed by atoms with E-state index < -0.39 is 31.0 Å². The number of hydrogen-bond donors (Lipinski definition) is 0. The van der Waals surface area contributed by atoms with E-state index in [2.05, 4.69) is 4.74 Å². The average molecular weight is 258 g/mol. The van der Waals surface area contributed by atoms with Gasteiger partial charge < -0.3 is 14.2 Å². The van der Waals surface area contributed by atoms with E-state index in [-0.39, 0.29) is 6.61 Å². The Morgan fingerprint density at radius 1 is 1.29 bits per heavy atom. The van der Waals surface area contributed by atoms with E-state index in [1.165, 1.54) is 13.8 Å². The van der Waals surface area contributed by atoms with Gasteiger partial charge in [-0.15, -0.1) is 0 Å². The molecule has 0 aliphatic rings. The van der Waals surface area contributed by atoms with Crippen LogP contribution >= 0.6 is 0 Å². The number of ether oxygens (including phenoxy) is 3. The Hall–Kier alpha value is -0.820. The average Bonchev–Trinajstić information content (AvgIpc) is 2.15. The highest BCUT2D eigenvalue weighted by molar-refractivity contribution is 5.74. The monoisotopic (exact) mass is 258 g/mol. The van der Waals surface area contributed by atoms with Gasteiger partial charge in [-0.25, -0.2) is 4.79 Å². The predicted octanol–water partition coefficient (Wildman–Crippen LogP) is 1.92. The van der Waals surface area contributed by atoms with Crippen molar-refractivity contribution in [2.45, 2.75) is 39.2 Å². The summed E-state index contributed by atoms with van der Waals surface area (Å²) in [6, 6.07) is 0. The molecule has 0 fully saturated rings. The molecule has 0 aromatic rings. The molecular weight excluding hydrogens is 241 g/mol. The van der Waals surface area contributed by atoms with Crippen molar-refractivity contribution in [3.63, 3.8) is 0 Å². The smallest absolute Gasteiger partial charge is 0.411 e. The van der Waals surface area contributed by atoms with Gasteiger partial charge in [-0.3, -0.25) is 0 Å². The fraction of sp³-hybridized carbons (Fsp3) is 0.900. The molecule has 0 bridgehead atoms. The Bertz CT molecular complexity index is 230. The van der Waals surface area contributed by atoms with Crippen molar-refractivity contribution >= 4 is 5.97 Å². The number of hydrogen-bond acceptors (Lipinski definition) is 4. The van der Waals surface area contributed by atoms with E-state index in [9.17, 15) is 18.0 Å². The second-order valence-corrected chi connectivity index (χ2v) is 3.48. The van der Waals surface area contributed by atoms with Crippen LogP contribution in [0.25, 0.3) is 0 Å². The van der Waals surface area contributed by atoms with Crippen molar-refractivity contribution < 1.29 is 32.2 Å². The molecule has 102 valence electrons. The zero-order chi connectivity index (χ0) is 13.5. The van der Waals surface area contributed by atoms with Crippen molar-refractivity contribution in [1.82, 2.24) is 0 Å². The molecule has 0 aromatic carbocycles. The fourth-order valence-electron chi connectivity index (χ4n) is 0.987. The molecule has 2 atom stereocenters. The zero-order valence-corrected chi connectivity index (χ0v) is 10.0. The lowest BCUT2D eigenvalue weighted by Gasteiger charge is -2.17. The standard InChI is InChI=1S/C10H17F3O4/c1-4-16-8(3)9(14)17-7(2)5-15-6-10(11,12)13/h7-8H,4-6H2,1-3H3. The second kappa shape index (κ2) is 7.50.